The van der Waals surface area contributed by atoms with E-state index in [1.165, 1.54) is 12.4 Å². The summed E-state index contributed by atoms with van der Waals surface area (Å²) in [5.41, 5.74) is 5.74. The summed E-state index contributed by atoms with van der Waals surface area (Å²) in [6.45, 7) is 1.95. The third kappa shape index (κ3) is 3.07. The van der Waals surface area contributed by atoms with Crippen molar-refractivity contribution in [3.05, 3.63) is 23.8 Å². The summed E-state index contributed by atoms with van der Waals surface area (Å²) >= 11 is 0. The predicted molar refractivity (Wildman–Crippen MR) is 69.2 cm³/mol. The van der Waals surface area contributed by atoms with Gasteiger partial charge in [0, 0.05) is 24.9 Å². The van der Waals surface area contributed by atoms with Gasteiger partial charge < -0.3 is 11.1 Å². The van der Waals surface area contributed by atoms with Gasteiger partial charge in [0.05, 0.1) is 11.5 Å². The number of nitrogens with zero attached hydrogens (tertiary/aromatic N) is 2. The number of nitrogens with two attached hydrogens (primary N) is 1. The number of aryl methyl sites for hydroxylation is 1. The van der Waals surface area contributed by atoms with E-state index in [-0.39, 0.29) is 23.8 Å². The van der Waals surface area contributed by atoms with Crippen molar-refractivity contribution in [3.63, 3.8) is 0 Å². The fourth-order valence-electron chi connectivity index (χ4n) is 2.38. The quantitative estimate of drug-likeness (QED) is 0.821. The van der Waals surface area contributed by atoms with E-state index in [2.05, 4.69) is 15.3 Å². The molecule has 6 nitrogen and oxygen atoms in total. The van der Waals surface area contributed by atoms with Gasteiger partial charge in [0.15, 0.2) is 0 Å². The standard InChI is InChI=1S/C13H18N4O2/c1-2-11-15-6-8(7-16-11)13(19)17-10-5-3-4-9(10)12(14)18/h6-7,9-10H,2-5H2,1H3,(H2,14,18)(H,17,19). The van der Waals surface area contributed by atoms with Gasteiger partial charge in [-0.25, -0.2) is 9.97 Å². The van der Waals surface area contributed by atoms with Crippen molar-refractivity contribution in [2.24, 2.45) is 11.7 Å². The minimum absolute atomic E-state index is 0.171. The Balaban J connectivity index is 2.01. The first-order valence-electron chi connectivity index (χ1n) is 6.53. The summed E-state index contributed by atoms with van der Waals surface area (Å²) in [6, 6.07) is -0.171. The molecule has 0 bridgehead atoms. The molecule has 1 aliphatic carbocycles. The second-order valence-electron chi connectivity index (χ2n) is 4.76. The Bertz CT molecular complexity index is 472. The highest BCUT2D eigenvalue weighted by atomic mass is 16.2. The minimum atomic E-state index is -0.347. The number of hydrogen-bond donors (Lipinski definition) is 2. The molecule has 19 heavy (non-hydrogen) atoms. The zero-order valence-corrected chi connectivity index (χ0v) is 10.9. The topological polar surface area (TPSA) is 98.0 Å². The average Bonchev–Trinajstić information content (AvgIpc) is 2.87. The molecule has 1 aromatic heterocycles. The third-order valence-electron chi connectivity index (χ3n) is 3.48. The van der Waals surface area contributed by atoms with Crippen LogP contribution in [0.5, 0.6) is 0 Å². The molecule has 2 unspecified atom stereocenters. The van der Waals surface area contributed by atoms with Crippen molar-refractivity contribution >= 4 is 11.8 Å². The van der Waals surface area contributed by atoms with Crippen LogP contribution < -0.4 is 11.1 Å². The Morgan fingerprint density at radius 1 is 1.37 bits per heavy atom. The summed E-state index contributed by atoms with van der Waals surface area (Å²) in [4.78, 5) is 31.5. The van der Waals surface area contributed by atoms with E-state index in [1.807, 2.05) is 6.92 Å². The van der Waals surface area contributed by atoms with Crippen molar-refractivity contribution in [1.29, 1.82) is 0 Å². The number of rotatable bonds is 4. The number of carbonyl (C=O) groups is 2. The van der Waals surface area contributed by atoms with Gasteiger partial charge in [-0.1, -0.05) is 13.3 Å². The Kier molecular flexibility index (Phi) is 4.09. The molecule has 0 saturated heterocycles. The van der Waals surface area contributed by atoms with E-state index < -0.39 is 0 Å². The molecule has 1 fully saturated rings. The monoisotopic (exact) mass is 262 g/mol. The second-order valence-corrected chi connectivity index (χ2v) is 4.76. The summed E-state index contributed by atoms with van der Waals surface area (Å²) in [6.07, 6.45) is 6.18. The number of carbonyl (C=O) groups excluding carboxylic acids is 2. The maximum Gasteiger partial charge on any atom is 0.254 e. The van der Waals surface area contributed by atoms with Gasteiger partial charge in [-0.3, -0.25) is 9.59 Å². The highest BCUT2D eigenvalue weighted by molar-refractivity contribution is 5.94. The van der Waals surface area contributed by atoms with Crippen LogP contribution in [0.25, 0.3) is 0 Å². The summed E-state index contributed by atoms with van der Waals surface area (Å²) in [5.74, 6) is -0.159. The first-order valence-corrected chi connectivity index (χ1v) is 6.53. The maximum absolute atomic E-state index is 12.0. The van der Waals surface area contributed by atoms with Crippen molar-refractivity contribution in [2.75, 3.05) is 0 Å². The van der Waals surface area contributed by atoms with E-state index in [9.17, 15) is 9.59 Å². The fraction of sp³-hybridized carbons (Fsp3) is 0.538. The number of hydrogen-bond acceptors (Lipinski definition) is 4. The normalized spacial score (nSPS) is 22.2. The van der Waals surface area contributed by atoms with Crippen molar-refractivity contribution < 1.29 is 9.59 Å². The first-order chi connectivity index (χ1) is 9.11. The zero-order valence-electron chi connectivity index (χ0n) is 10.9. The van der Waals surface area contributed by atoms with Gasteiger partial charge >= 0.3 is 0 Å². The van der Waals surface area contributed by atoms with E-state index in [0.29, 0.717) is 11.4 Å². The van der Waals surface area contributed by atoms with Crippen LogP contribution in [0, 0.1) is 5.92 Å². The SMILES string of the molecule is CCc1ncc(C(=O)NC2CCCC2C(N)=O)cn1. The highest BCUT2D eigenvalue weighted by Gasteiger charge is 2.32. The molecule has 6 heteroatoms. The summed E-state index contributed by atoms with van der Waals surface area (Å²) < 4.78 is 0. The molecule has 0 aromatic carbocycles. The lowest BCUT2D eigenvalue weighted by Gasteiger charge is -2.18. The lowest BCUT2D eigenvalue weighted by molar-refractivity contribution is -0.122. The van der Waals surface area contributed by atoms with Gasteiger partial charge in [-0.05, 0) is 12.8 Å². The number of nitrogens with one attached hydrogen (secondary N) is 1. The van der Waals surface area contributed by atoms with Crippen molar-refractivity contribution in [3.8, 4) is 0 Å². The van der Waals surface area contributed by atoms with E-state index >= 15 is 0 Å². The van der Waals surface area contributed by atoms with Crippen LogP contribution in [0.3, 0.4) is 0 Å². The van der Waals surface area contributed by atoms with Crippen LogP contribution in [0.15, 0.2) is 12.4 Å². The molecule has 1 aromatic rings. The van der Waals surface area contributed by atoms with Crippen molar-refractivity contribution in [1.82, 2.24) is 15.3 Å². The van der Waals surface area contributed by atoms with Crippen LogP contribution in [0.1, 0.15) is 42.4 Å². The van der Waals surface area contributed by atoms with Gasteiger partial charge in [0.25, 0.3) is 5.91 Å². The van der Waals surface area contributed by atoms with E-state index in [0.717, 1.165) is 25.7 Å². The maximum atomic E-state index is 12.0. The molecule has 2 rings (SSSR count). The molecular formula is C13H18N4O2. The van der Waals surface area contributed by atoms with E-state index in [1.54, 1.807) is 0 Å². The van der Waals surface area contributed by atoms with Crippen molar-refractivity contribution in [2.45, 2.75) is 38.6 Å². The first kappa shape index (κ1) is 13.5. The molecule has 1 heterocycles. The van der Waals surface area contributed by atoms with E-state index in [4.69, 9.17) is 5.73 Å². The smallest absolute Gasteiger partial charge is 0.254 e. The Morgan fingerprint density at radius 3 is 2.63 bits per heavy atom. The van der Waals surface area contributed by atoms with Gasteiger partial charge in [-0.2, -0.15) is 0 Å². The minimum Gasteiger partial charge on any atom is -0.369 e. The van der Waals surface area contributed by atoms with Crippen LogP contribution in [-0.2, 0) is 11.2 Å². The van der Waals surface area contributed by atoms with Crippen LogP contribution in [0.4, 0.5) is 0 Å². The fourth-order valence-corrected chi connectivity index (χ4v) is 2.38. The van der Waals surface area contributed by atoms with Crippen LogP contribution in [-0.4, -0.2) is 27.8 Å². The molecule has 3 N–H and O–H groups in total. The Labute approximate surface area is 111 Å². The van der Waals surface area contributed by atoms with Crippen LogP contribution in [0.2, 0.25) is 0 Å². The molecule has 2 atom stereocenters. The number of aromatic nitrogens is 2. The second kappa shape index (κ2) is 5.77. The largest absolute Gasteiger partial charge is 0.369 e. The molecule has 0 aliphatic heterocycles. The Hall–Kier alpha value is -1.98. The summed E-state index contributed by atoms with van der Waals surface area (Å²) in [5, 5.41) is 2.84. The predicted octanol–water partition coefficient (Wildman–Crippen LogP) is 0.423. The Morgan fingerprint density at radius 2 is 2.05 bits per heavy atom. The number of primary amides is 1. The molecule has 2 amide bonds. The number of amides is 2. The molecular weight excluding hydrogens is 244 g/mol. The lowest BCUT2D eigenvalue weighted by Crippen LogP contribution is -2.42. The molecule has 0 spiro atoms. The van der Waals surface area contributed by atoms with Gasteiger partial charge in [-0.15, -0.1) is 0 Å². The highest BCUT2D eigenvalue weighted by Crippen LogP contribution is 2.25. The lowest BCUT2D eigenvalue weighted by atomic mass is 10.0. The molecule has 102 valence electrons. The van der Waals surface area contributed by atoms with Crippen LogP contribution >= 0.6 is 0 Å². The average molecular weight is 262 g/mol. The molecule has 1 aliphatic rings. The summed E-state index contributed by atoms with van der Waals surface area (Å²) in [7, 11) is 0. The molecule has 0 radical (unpaired) electrons. The third-order valence-corrected chi connectivity index (χ3v) is 3.48. The molecule has 1 saturated carbocycles. The zero-order chi connectivity index (χ0) is 13.8. The van der Waals surface area contributed by atoms with Gasteiger partial charge in [0.2, 0.25) is 5.91 Å². The van der Waals surface area contributed by atoms with Gasteiger partial charge in [0.1, 0.15) is 5.82 Å².